The van der Waals surface area contributed by atoms with E-state index in [2.05, 4.69) is 122 Å². The van der Waals surface area contributed by atoms with Crippen molar-refractivity contribution in [1.29, 1.82) is 0 Å². The maximum atomic E-state index is 7.58. The third-order valence-electron chi connectivity index (χ3n) is 9.05. The molecule has 0 aliphatic carbocycles. The summed E-state index contributed by atoms with van der Waals surface area (Å²) in [6.07, 6.45) is 11.6. The van der Waals surface area contributed by atoms with Crippen LogP contribution in [-0.4, -0.2) is 52.8 Å². The van der Waals surface area contributed by atoms with Crippen LogP contribution in [0.4, 0.5) is 0 Å². The Labute approximate surface area is 271 Å². The first-order valence-electron chi connectivity index (χ1n) is 17.2. The summed E-state index contributed by atoms with van der Waals surface area (Å²) in [7, 11) is -0.916. The van der Waals surface area contributed by atoms with Crippen molar-refractivity contribution >= 4 is 37.1 Å². The zero-order valence-electron chi connectivity index (χ0n) is 29.2. The standard InChI is InChI=1S/C26H37O3Si.3C4H9.Sn/c1-21(18-22(2)28-20-27-7)19-23(3)29-30(26(4,5)6,24-14-10-8-11-15-24)25-16-12-9-13-17-25;3*1-3-4-2;/h8-18,22-23H,1,19-20H2,2-7H3;3*1,3-4H2,2H3;/b21-18+;;;;/t22-,23-;;;;/m0..../s1. The molecule has 2 atom stereocenters. The van der Waals surface area contributed by atoms with E-state index in [1.54, 1.807) is 12.7 Å². The summed E-state index contributed by atoms with van der Waals surface area (Å²) in [6, 6.07) is 22.2. The maximum absolute atomic E-state index is 7.58. The summed E-state index contributed by atoms with van der Waals surface area (Å²) in [5.74, 6) is 0. The molecule has 0 saturated carbocycles. The molecule has 0 fully saturated rings. The van der Waals surface area contributed by atoms with Gasteiger partial charge in [-0.3, -0.25) is 0 Å². The van der Waals surface area contributed by atoms with Gasteiger partial charge in [-0.25, -0.2) is 0 Å². The molecule has 5 heteroatoms. The van der Waals surface area contributed by atoms with Crippen LogP contribution in [0.2, 0.25) is 22.8 Å². The van der Waals surface area contributed by atoms with Gasteiger partial charge >= 0.3 is 273 Å². The second kappa shape index (κ2) is 19.6. The van der Waals surface area contributed by atoms with Crippen LogP contribution in [0.5, 0.6) is 0 Å². The summed E-state index contributed by atoms with van der Waals surface area (Å²) in [4.78, 5) is 0. The predicted molar refractivity (Wildman–Crippen MR) is 193 cm³/mol. The predicted octanol–water partition coefficient (Wildman–Crippen LogP) is 10.1. The first-order valence-corrected chi connectivity index (χ1v) is 27.1. The van der Waals surface area contributed by atoms with Crippen LogP contribution < -0.4 is 10.4 Å². The van der Waals surface area contributed by atoms with Crippen LogP contribution in [0.1, 0.15) is 100 Å². The van der Waals surface area contributed by atoms with Crippen molar-refractivity contribution in [2.45, 2.75) is 135 Å². The number of methoxy groups -OCH3 is 1. The molecule has 242 valence electrons. The molecule has 0 aliphatic rings. The van der Waals surface area contributed by atoms with E-state index in [9.17, 15) is 0 Å². The number of ether oxygens (including phenoxy) is 2. The van der Waals surface area contributed by atoms with Gasteiger partial charge in [-0.05, 0) is 0 Å². The summed E-state index contributed by atoms with van der Waals surface area (Å²) in [6.45, 7) is 19.1. The molecule has 0 radical (unpaired) electrons. The van der Waals surface area contributed by atoms with E-state index in [0.717, 1.165) is 6.42 Å². The van der Waals surface area contributed by atoms with Crippen LogP contribution in [-0.2, 0) is 13.9 Å². The molecule has 0 N–H and O–H groups in total. The molecule has 2 rings (SSSR count). The van der Waals surface area contributed by atoms with Gasteiger partial charge in [0.15, 0.2) is 0 Å². The van der Waals surface area contributed by atoms with E-state index in [1.165, 1.54) is 66.6 Å². The fraction of sp³-hybridized carbons (Fsp3) is 0.632. The number of benzene rings is 2. The van der Waals surface area contributed by atoms with Crippen LogP contribution in [0, 0.1) is 0 Å². The Bertz CT molecular complexity index is 973. The summed E-state index contributed by atoms with van der Waals surface area (Å²) < 4.78 is 24.8. The molecule has 2 aromatic rings. The van der Waals surface area contributed by atoms with Gasteiger partial charge in [0.05, 0.1) is 0 Å². The summed E-state index contributed by atoms with van der Waals surface area (Å²) in [5, 5.41) is 2.67. The Kier molecular flexibility index (Phi) is 17.4. The van der Waals surface area contributed by atoms with E-state index in [-0.39, 0.29) is 17.2 Å². The Morgan fingerprint density at radius 3 is 1.65 bits per heavy atom. The molecule has 3 nitrogen and oxygen atoms in total. The van der Waals surface area contributed by atoms with Crippen LogP contribution in [0.15, 0.2) is 72.3 Å². The average molecular weight is 716 g/mol. The third-order valence-corrected chi connectivity index (χ3v) is 29.8. The van der Waals surface area contributed by atoms with Crippen molar-refractivity contribution in [2.75, 3.05) is 13.9 Å². The summed E-state index contributed by atoms with van der Waals surface area (Å²) in [5.41, 5.74) is 1.58. The van der Waals surface area contributed by atoms with E-state index in [1.807, 2.05) is 0 Å². The van der Waals surface area contributed by atoms with E-state index < -0.39 is 26.7 Å². The van der Waals surface area contributed by atoms with Crippen LogP contribution in [0.25, 0.3) is 0 Å². The number of unbranched alkanes of at least 4 members (excludes halogenated alkanes) is 3. The van der Waals surface area contributed by atoms with Gasteiger partial charge in [0.25, 0.3) is 0 Å². The van der Waals surface area contributed by atoms with Crippen LogP contribution in [0.3, 0.4) is 0 Å². The van der Waals surface area contributed by atoms with Crippen molar-refractivity contribution in [1.82, 2.24) is 0 Å². The third kappa shape index (κ3) is 11.7. The van der Waals surface area contributed by atoms with Gasteiger partial charge in [-0.15, -0.1) is 0 Å². The van der Waals surface area contributed by atoms with Crippen molar-refractivity contribution in [2.24, 2.45) is 0 Å². The van der Waals surface area contributed by atoms with Gasteiger partial charge in [0.2, 0.25) is 0 Å². The van der Waals surface area contributed by atoms with Crippen molar-refractivity contribution in [3.63, 3.8) is 0 Å². The molecule has 0 unspecified atom stereocenters. The van der Waals surface area contributed by atoms with Gasteiger partial charge < -0.3 is 0 Å². The van der Waals surface area contributed by atoms with Crippen molar-refractivity contribution in [3.8, 4) is 0 Å². The number of rotatable bonds is 21. The molecule has 43 heavy (non-hydrogen) atoms. The molecular formula is C38H64O3SiSn. The van der Waals surface area contributed by atoms with Gasteiger partial charge in [0.1, 0.15) is 0 Å². The number of hydrogen-bond donors (Lipinski definition) is 0. The molecule has 0 spiro atoms. The molecule has 0 bridgehead atoms. The Balaban J connectivity index is 2.56. The number of hydrogen-bond acceptors (Lipinski definition) is 3. The summed E-state index contributed by atoms with van der Waals surface area (Å²) >= 11 is -2.46. The molecule has 0 amide bonds. The SMILES string of the molecule is CCC[CH2][Sn]([CH2]CCC)([CH2]CCC)[CH2]/C(=C\[C@H](C)OCOC)C[C@H](C)O[Si](c1ccccc1)(c1ccccc1)C(C)(C)C. The fourth-order valence-electron chi connectivity index (χ4n) is 6.94. The second-order valence-electron chi connectivity index (χ2n) is 13.9. The van der Waals surface area contributed by atoms with Crippen LogP contribution >= 0.6 is 0 Å². The van der Waals surface area contributed by atoms with Crippen molar-refractivity contribution < 1.29 is 13.9 Å². The Morgan fingerprint density at radius 2 is 1.26 bits per heavy atom. The normalized spacial score (nSPS) is 14.6. The first kappa shape index (κ1) is 38.3. The van der Waals surface area contributed by atoms with Gasteiger partial charge in [-0.2, -0.15) is 0 Å². The fourth-order valence-corrected chi connectivity index (χ4v) is 28.2. The van der Waals surface area contributed by atoms with Gasteiger partial charge in [-0.1, -0.05) is 0 Å². The quantitative estimate of drug-likeness (QED) is 0.0732. The molecule has 0 aliphatic heterocycles. The molecule has 2 aromatic carbocycles. The van der Waals surface area contributed by atoms with Gasteiger partial charge in [0, 0.05) is 0 Å². The molecule has 0 heterocycles. The first-order chi connectivity index (χ1) is 20.6. The van der Waals surface area contributed by atoms with Crippen molar-refractivity contribution in [3.05, 3.63) is 72.3 Å². The topological polar surface area (TPSA) is 27.7 Å². The zero-order chi connectivity index (χ0) is 31.8. The Hall–Kier alpha value is -0.924. The van der Waals surface area contributed by atoms with E-state index in [0.29, 0.717) is 6.79 Å². The van der Waals surface area contributed by atoms with E-state index >= 15 is 0 Å². The zero-order valence-corrected chi connectivity index (χ0v) is 33.1. The second-order valence-corrected chi connectivity index (χ2v) is 32.0. The van der Waals surface area contributed by atoms with E-state index in [4.69, 9.17) is 13.9 Å². The minimum absolute atomic E-state index is 0.0301. The molecular weight excluding hydrogens is 651 g/mol. The monoisotopic (exact) mass is 716 g/mol. The average Bonchev–Trinajstić information content (AvgIpc) is 2.99. The minimum atomic E-state index is -2.62. The molecule has 0 aromatic heterocycles. The Morgan fingerprint density at radius 1 is 0.791 bits per heavy atom. The molecule has 0 saturated heterocycles.